The molecule has 0 radical (unpaired) electrons. The van der Waals surface area contributed by atoms with E-state index in [2.05, 4.69) is 21.2 Å². The van der Waals surface area contributed by atoms with Gasteiger partial charge in [-0.2, -0.15) is 0 Å². The maximum absolute atomic E-state index is 14.6. The fourth-order valence-electron chi connectivity index (χ4n) is 5.02. The van der Waals surface area contributed by atoms with E-state index in [1.54, 1.807) is 30.3 Å². The van der Waals surface area contributed by atoms with E-state index in [-0.39, 0.29) is 35.2 Å². The van der Waals surface area contributed by atoms with Crippen LogP contribution in [-0.4, -0.2) is 57.5 Å². The van der Waals surface area contributed by atoms with Gasteiger partial charge in [-0.1, -0.05) is 76.6 Å². The van der Waals surface area contributed by atoms with Gasteiger partial charge in [0.1, 0.15) is 12.6 Å². The van der Waals surface area contributed by atoms with Gasteiger partial charge in [-0.3, -0.25) is 13.9 Å². The summed E-state index contributed by atoms with van der Waals surface area (Å²) in [6.07, 6.45) is 0.221. The molecule has 2 amide bonds. The summed E-state index contributed by atoms with van der Waals surface area (Å²) in [4.78, 5) is 30.0. The Balaban J connectivity index is 1.82. The zero-order chi connectivity index (χ0) is 34.2. The van der Waals surface area contributed by atoms with Crippen LogP contribution in [0, 0.1) is 0 Å². The van der Waals surface area contributed by atoms with Crippen LogP contribution >= 0.6 is 15.9 Å². The van der Waals surface area contributed by atoms with Crippen molar-refractivity contribution < 1.29 is 27.5 Å². The standard InChI is InChI=1S/C36H40BrN3O6S/c1-36(2,3)38-35(42)31(22-26-12-8-6-9-13-26)39(24-27-16-18-28(37)19-17-27)34(41)25-40(29-14-10-7-11-15-29)47(43,44)30-20-21-32(45-4)33(23-30)46-5/h6-21,23,31H,22,24-25H2,1-5H3,(H,38,42)/t31-/m0/s1. The van der Waals surface area contributed by atoms with E-state index < -0.39 is 34.1 Å². The molecule has 9 nitrogen and oxygen atoms in total. The minimum Gasteiger partial charge on any atom is -0.493 e. The monoisotopic (exact) mass is 721 g/mol. The Morgan fingerprint density at radius 2 is 1.40 bits per heavy atom. The number of nitrogens with one attached hydrogen (secondary N) is 1. The van der Waals surface area contributed by atoms with Crippen LogP contribution in [0.5, 0.6) is 11.5 Å². The number of para-hydroxylation sites is 1. The smallest absolute Gasteiger partial charge is 0.264 e. The van der Waals surface area contributed by atoms with Crippen LogP contribution in [0.1, 0.15) is 31.9 Å². The molecular formula is C36H40BrN3O6S. The SMILES string of the molecule is COc1ccc(S(=O)(=O)N(CC(=O)N(Cc2ccc(Br)cc2)[C@@H](Cc2ccccc2)C(=O)NC(C)(C)C)c2ccccc2)cc1OC. The Kier molecular flexibility index (Phi) is 11.7. The first-order valence-corrected chi connectivity index (χ1v) is 17.3. The number of nitrogens with zero attached hydrogens (tertiary/aromatic N) is 2. The normalized spacial score (nSPS) is 12.1. The molecule has 0 saturated heterocycles. The number of amides is 2. The molecule has 0 bridgehead atoms. The van der Waals surface area contributed by atoms with E-state index in [9.17, 15) is 18.0 Å². The van der Waals surface area contributed by atoms with Crippen molar-refractivity contribution in [3.05, 3.63) is 119 Å². The summed E-state index contributed by atoms with van der Waals surface area (Å²) in [7, 11) is -1.43. The van der Waals surface area contributed by atoms with E-state index in [4.69, 9.17) is 9.47 Å². The topological polar surface area (TPSA) is 105 Å². The van der Waals surface area contributed by atoms with Crippen molar-refractivity contribution in [2.24, 2.45) is 0 Å². The van der Waals surface area contributed by atoms with Crippen LogP contribution < -0.4 is 19.1 Å². The molecular weight excluding hydrogens is 682 g/mol. The third kappa shape index (κ3) is 9.36. The molecule has 0 heterocycles. The van der Waals surface area contributed by atoms with Crippen LogP contribution in [0.4, 0.5) is 5.69 Å². The zero-order valence-corrected chi connectivity index (χ0v) is 29.5. The number of halogens is 1. The van der Waals surface area contributed by atoms with Crippen molar-refractivity contribution in [3.8, 4) is 11.5 Å². The molecule has 0 aromatic heterocycles. The molecule has 0 unspecified atom stereocenters. The molecule has 1 N–H and O–H groups in total. The summed E-state index contributed by atoms with van der Waals surface area (Å²) in [5.41, 5.74) is 1.34. The highest BCUT2D eigenvalue weighted by Crippen LogP contribution is 2.32. The second-order valence-corrected chi connectivity index (χ2v) is 14.7. The number of benzene rings is 4. The highest BCUT2D eigenvalue weighted by molar-refractivity contribution is 9.10. The van der Waals surface area contributed by atoms with Gasteiger partial charge in [0.15, 0.2) is 11.5 Å². The van der Waals surface area contributed by atoms with Gasteiger partial charge in [-0.15, -0.1) is 0 Å². The van der Waals surface area contributed by atoms with Crippen LogP contribution in [0.25, 0.3) is 0 Å². The summed E-state index contributed by atoms with van der Waals surface area (Å²) in [6, 6.07) is 28.6. The molecule has 11 heteroatoms. The van der Waals surface area contributed by atoms with Gasteiger partial charge in [-0.05, 0) is 68.3 Å². The highest BCUT2D eigenvalue weighted by Gasteiger charge is 2.36. The molecule has 0 saturated carbocycles. The summed E-state index contributed by atoms with van der Waals surface area (Å²) in [5, 5.41) is 3.04. The zero-order valence-electron chi connectivity index (χ0n) is 27.1. The van der Waals surface area contributed by atoms with Crippen LogP contribution in [0.15, 0.2) is 112 Å². The van der Waals surface area contributed by atoms with Crippen LogP contribution in [0.2, 0.25) is 0 Å². The van der Waals surface area contributed by atoms with E-state index in [0.29, 0.717) is 5.75 Å². The molecule has 4 rings (SSSR count). The number of hydrogen-bond acceptors (Lipinski definition) is 6. The van der Waals surface area contributed by atoms with Gasteiger partial charge in [0.25, 0.3) is 10.0 Å². The number of rotatable bonds is 13. The van der Waals surface area contributed by atoms with Crippen molar-refractivity contribution in [2.45, 2.75) is 50.2 Å². The third-order valence-corrected chi connectivity index (χ3v) is 9.60. The van der Waals surface area contributed by atoms with Crippen molar-refractivity contribution in [2.75, 3.05) is 25.1 Å². The predicted octanol–water partition coefficient (Wildman–Crippen LogP) is 6.22. The highest BCUT2D eigenvalue weighted by atomic mass is 79.9. The fourth-order valence-corrected chi connectivity index (χ4v) is 6.72. The number of carbonyl (C=O) groups excluding carboxylic acids is 2. The van der Waals surface area contributed by atoms with Crippen LogP contribution in [-0.2, 0) is 32.6 Å². The molecule has 0 aliphatic heterocycles. The van der Waals surface area contributed by atoms with Crippen LogP contribution in [0.3, 0.4) is 0 Å². The summed E-state index contributed by atoms with van der Waals surface area (Å²) in [5.74, 6) is -0.304. The quantitative estimate of drug-likeness (QED) is 0.176. The maximum Gasteiger partial charge on any atom is 0.264 e. The fraction of sp³-hybridized carbons (Fsp3) is 0.278. The van der Waals surface area contributed by atoms with Gasteiger partial charge in [0, 0.05) is 29.0 Å². The number of ether oxygens (including phenoxy) is 2. The minimum atomic E-state index is -4.31. The van der Waals surface area contributed by atoms with E-state index in [1.165, 1.54) is 37.3 Å². The van der Waals surface area contributed by atoms with Gasteiger partial charge in [0.05, 0.1) is 24.8 Å². The first-order chi connectivity index (χ1) is 22.3. The van der Waals surface area contributed by atoms with Crippen molar-refractivity contribution in [1.29, 1.82) is 0 Å². The van der Waals surface area contributed by atoms with Gasteiger partial charge in [0.2, 0.25) is 11.8 Å². The van der Waals surface area contributed by atoms with E-state index in [1.807, 2.05) is 75.4 Å². The van der Waals surface area contributed by atoms with Crippen molar-refractivity contribution in [3.63, 3.8) is 0 Å². The first-order valence-electron chi connectivity index (χ1n) is 15.0. The van der Waals surface area contributed by atoms with Gasteiger partial charge >= 0.3 is 0 Å². The average molecular weight is 723 g/mol. The number of methoxy groups -OCH3 is 2. The number of sulfonamides is 1. The summed E-state index contributed by atoms with van der Waals surface area (Å²) < 4.78 is 41.2. The second kappa shape index (κ2) is 15.5. The van der Waals surface area contributed by atoms with Crippen molar-refractivity contribution >= 4 is 43.5 Å². The summed E-state index contributed by atoms with van der Waals surface area (Å²) >= 11 is 3.46. The Bertz CT molecular complexity index is 1760. The predicted molar refractivity (Wildman–Crippen MR) is 187 cm³/mol. The van der Waals surface area contributed by atoms with E-state index >= 15 is 0 Å². The molecule has 0 spiro atoms. The van der Waals surface area contributed by atoms with Gasteiger partial charge in [-0.25, -0.2) is 8.42 Å². The Hall–Kier alpha value is -4.35. The molecule has 47 heavy (non-hydrogen) atoms. The number of anilines is 1. The summed E-state index contributed by atoms with van der Waals surface area (Å²) in [6.45, 7) is 5.13. The molecule has 0 aliphatic rings. The Labute approximate surface area is 285 Å². The molecule has 0 fully saturated rings. The lowest BCUT2D eigenvalue weighted by Crippen LogP contribution is -2.56. The lowest BCUT2D eigenvalue weighted by Gasteiger charge is -2.35. The molecule has 4 aromatic carbocycles. The van der Waals surface area contributed by atoms with Gasteiger partial charge < -0.3 is 19.7 Å². The Morgan fingerprint density at radius 1 is 0.809 bits per heavy atom. The second-order valence-electron chi connectivity index (χ2n) is 12.0. The Morgan fingerprint density at radius 3 is 1.98 bits per heavy atom. The average Bonchev–Trinajstić information content (AvgIpc) is 3.05. The number of carbonyl (C=O) groups is 2. The maximum atomic E-state index is 14.6. The number of hydrogen-bond donors (Lipinski definition) is 1. The lowest BCUT2D eigenvalue weighted by atomic mass is 10.0. The molecule has 248 valence electrons. The molecule has 4 aromatic rings. The lowest BCUT2D eigenvalue weighted by molar-refractivity contribution is -0.140. The largest absolute Gasteiger partial charge is 0.493 e. The van der Waals surface area contributed by atoms with E-state index in [0.717, 1.165) is 19.9 Å². The molecule has 0 aliphatic carbocycles. The first kappa shape index (κ1) is 35.5. The van der Waals surface area contributed by atoms with Crippen molar-refractivity contribution in [1.82, 2.24) is 10.2 Å². The minimum absolute atomic E-state index is 0.0697. The third-order valence-electron chi connectivity index (χ3n) is 7.30. The molecule has 1 atom stereocenters.